The number of rotatable bonds is 1. The van der Waals surface area contributed by atoms with Crippen LogP contribution in [-0.4, -0.2) is 30.7 Å². The third kappa shape index (κ3) is 1.18. The number of hydrogen-bond acceptors (Lipinski definition) is 3. The molecular weight excluding hydrogens is 181 g/mol. The predicted molar refractivity (Wildman–Crippen MR) is 51.7 cm³/mol. The number of aromatic nitrogens is 1. The van der Waals surface area contributed by atoms with Crippen molar-refractivity contribution < 1.29 is 4.39 Å². The molecule has 2 fully saturated rings. The Morgan fingerprint density at radius 1 is 1.43 bits per heavy atom. The molecule has 0 bridgehead atoms. The van der Waals surface area contributed by atoms with E-state index in [4.69, 9.17) is 0 Å². The number of pyridine rings is 1. The smallest absolute Gasteiger partial charge is 0.143 e. The number of halogens is 1. The fraction of sp³-hybridized carbons (Fsp3) is 0.500. The zero-order valence-electron chi connectivity index (χ0n) is 7.78. The quantitative estimate of drug-likeness (QED) is 0.709. The Hall–Kier alpha value is -1.16. The van der Waals surface area contributed by atoms with E-state index in [2.05, 4.69) is 15.2 Å². The minimum atomic E-state index is -0.255. The molecule has 0 saturated carbocycles. The molecule has 2 aliphatic heterocycles. The van der Waals surface area contributed by atoms with Crippen LogP contribution < -0.4 is 10.2 Å². The average Bonchev–Trinajstić information content (AvgIpc) is 2.43. The molecule has 2 unspecified atom stereocenters. The zero-order chi connectivity index (χ0) is 9.54. The van der Waals surface area contributed by atoms with Crippen LogP contribution in [-0.2, 0) is 0 Å². The molecule has 3 heterocycles. The highest BCUT2D eigenvalue weighted by atomic mass is 19.1. The first-order valence-corrected chi connectivity index (χ1v) is 4.92. The van der Waals surface area contributed by atoms with E-state index in [1.165, 1.54) is 6.20 Å². The fourth-order valence-corrected chi connectivity index (χ4v) is 2.24. The molecule has 0 aliphatic carbocycles. The van der Waals surface area contributed by atoms with E-state index in [-0.39, 0.29) is 5.82 Å². The molecule has 1 aromatic heterocycles. The van der Waals surface area contributed by atoms with E-state index in [1.807, 2.05) is 0 Å². The number of fused-ring (bicyclic) bond motifs is 1. The van der Waals surface area contributed by atoms with Gasteiger partial charge in [0, 0.05) is 37.7 Å². The molecule has 1 N–H and O–H groups in total. The van der Waals surface area contributed by atoms with Gasteiger partial charge in [-0.1, -0.05) is 0 Å². The summed E-state index contributed by atoms with van der Waals surface area (Å²) in [5.74, 6) is 0.493. The van der Waals surface area contributed by atoms with E-state index in [9.17, 15) is 4.39 Å². The lowest BCUT2D eigenvalue weighted by Gasteiger charge is -2.29. The summed E-state index contributed by atoms with van der Waals surface area (Å²) >= 11 is 0. The lowest BCUT2D eigenvalue weighted by Crippen LogP contribution is -2.51. The number of nitrogens with zero attached hydrogens (tertiary/aromatic N) is 2. The van der Waals surface area contributed by atoms with Gasteiger partial charge < -0.3 is 10.2 Å². The van der Waals surface area contributed by atoms with Gasteiger partial charge in [-0.15, -0.1) is 0 Å². The molecule has 3 rings (SSSR count). The predicted octanol–water partition coefficient (Wildman–Crippen LogP) is 0.629. The minimum Gasteiger partial charge on any atom is -0.368 e. The van der Waals surface area contributed by atoms with Crippen molar-refractivity contribution in [2.75, 3.05) is 24.5 Å². The summed E-state index contributed by atoms with van der Waals surface area (Å²) in [6.45, 7) is 3.11. The highest BCUT2D eigenvalue weighted by Gasteiger charge is 2.39. The second-order valence-electron chi connectivity index (χ2n) is 4.04. The monoisotopic (exact) mass is 193 g/mol. The van der Waals surface area contributed by atoms with Gasteiger partial charge >= 0.3 is 0 Å². The van der Waals surface area contributed by atoms with Crippen molar-refractivity contribution in [3.8, 4) is 0 Å². The van der Waals surface area contributed by atoms with Gasteiger partial charge in [-0.2, -0.15) is 0 Å². The van der Waals surface area contributed by atoms with Crippen molar-refractivity contribution in [3.63, 3.8) is 0 Å². The Labute approximate surface area is 81.9 Å². The van der Waals surface area contributed by atoms with E-state index in [1.54, 1.807) is 12.3 Å². The molecule has 0 spiro atoms. The van der Waals surface area contributed by atoms with E-state index in [0.29, 0.717) is 6.04 Å². The largest absolute Gasteiger partial charge is 0.368 e. The molecule has 14 heavy (non-hydrogen) atoms. The van der Waals surface area contributed by atoms with Gasteiger partial charge in [0.15, 0.2) is 0 Å². The summed E-state index contributed by atoms with van der Waals surface area (Å²) < 4.78 is 12.9. The summed E-state index contributed by atoms with van der Waals surface area (Å²) in [5, 5.41) is 3.37. The second-order valence-corrected chi connectivity index (χ2v) is 4.04. The first kappa shape index (κ1) is 8.17. The van der Waals surface area contributed by atoms with Crippen LogP contribution in [0.3, 0.4) is 0 Å². The molecule has 1 aromatic rings. The summed E-state index contributed by atoms with van der Waals surface area (Å²) in [5.41, 5.74) is 0.904. The van der Waals surface area contributed by atoms with Gasteiger partial charge in [0.25, 0.3) is 0 Å². The third-order valence-electron chi connectivity index (χ3n) is 3.14. The standard InChI is InChI=1S/C10H12FN3/c11-8-1-9(4-12-3-8)14-5-7-2-13-10(7)6-14/h1,3-4,7,10,13H,2,5-6H2. The lowest BCUT2D eigenvalue weighted by atomic mass is 9.96. The van der Waals surface area contributed by atoms with Gasteiger partial charge in [-0.05, 0) is 0 Å². The van der Waals surface area contributed by atoms with Crippen molar-refractivity contribution in [1.29, 1.82) is 0 Å². The van der Waals surface area contributed by atoms with Crippen LogP contribution in [0, 0.1) is 11.7 Å². The maximum Gasteiger partial charge on any atom is 0.143 e. The summed E-state index contributed by atoms with van der Waals surface area (Å²) in [6, 6.07) is 2.16. The van der Waals surface area contributed by atoms with Crippen molar-refractivity contribution in [1.82, 2.24) is 10.3 Å². The first-order chi connectivity index (χ1) is 6.83. The Kier molecular flexibility index (Phi) is 1.70. The highest BCUT2D eigenvalue weighted by molar-refractivity contribution is 5.46. The molecule has 2 aliphatic rings. The van der Waals surface area contributed by atoms with E-state index < -0.39 is 0 Å². The van der Waals surface area contributed by atoms with Crippen LogP contribution in [0.4, 0.5) is 10.1 Å². The number of anilines is 1. The maximum absolute atomic E-state index is 12.9. The Morgan fingerprint density at radius 2 is 2.36 bits per heavy atom. The van der Waals surface area contributed by atoms with Gasteiger partial charge in [0.2, 0.25) is 0 Å². The Balaban J connectivity index is 1.82. The Bertz CT molecular complexity index is 343. The molecule has 3 nitrogen and oxygen atoms in total. The van der Waals surface area contributed by atoms with Gasteiger partial charge in [-0.25, -0.2) is 4.39 Å². The zero-order valence-corrected chi connectivity index (χ0v) is 7.78. The molecule has 2 saturated heterocycles. The van der Waals surface area contributed by atoms with Crippen molar-refractivity contribution in [3.05, 3.63) is 24.3 Å². The second kappa shape index (κ2) is 2.92. The molecule has 0 radical (unpaired) electrons. The maximum atomic E-state index is 12.9. The van der Waals surface area contributed by atoms with E-state index >= 15 is 0 Å². The molecular formula is C10H12FN3. The molecule has 2 atom stereocenters. The van der Waals surface area contributed by atoms with Crippen LogP contribution in [0.25, 0.3) is 0 Å². The molecule has 0 aromatic carbocycles. The van der Waals surface area contributed by atoms with Crippen molar-refractivity contribution in [2.24, 2.45) is 5.92 Å². The molecule has 0 amide bonds. The molecule has 74 valence electrons. The topological polar surface area (TPSA) is 28.2 Å². The van der Waals surface area contributed by atoms with Crippen LogP contribution >= 0.6 is 0 Å². The lowest BCUT2D eigenvalue weighted by molar-refractivity contribution is 0.297. The normalized spacial score (nSPS) is 29.9. The number of nitrogens with one attached hydrogen (secondary N) is 1. The third-order valence-corrected chi connectivity index (χ3v) is 3.14. The van der Waals surface area contributed by atoms with Gasteiger partial charge in [0.05, 0.1) is 18.1 Å². The van der Waals surface area contributed by atoms with Crippen LogP contribution in [0.2, 0.25) is 0 Å². The van der Waals surface area contributed by atoms with Crippen LogP contribution in [0.5, 0.6) is 0 Å². The SMILES string of the molecule is Fc1cncc(N2CC3CNC3C2)c1. The molecule has 4 heteroatoms. The summed E-state index contributed by atoms with van der Waals surface area (Å²) in [6.07, 6.45) is 2.97. The van der Waals surface area contributed by atoms with Crippen molar-refractivity contribution >= 4 is 5.69 Å². The summed E-state index contributed by atoms with van der Waals surface area (Å²) in [7, 11) is 0. The van der Waals surface area contributed by atoms with E-state index in [0.717, 1.165) is 31.2 Å². The highest BCUT2D eigenvalue weighted by Crippen LogP contribution is 2.27. The van der Waals surface area contributed by atoms with Crippen molar-refractivity contribution in [2.45, 2.75) is 6.04 Å². The van der Waals surface area contributed by atoms with Gasteiger partial charge in [-0.3, -0.25) is 4.98 Å². The minimum absolute atomic E-state index is 0.255. The van der Waals surface area contributed by atoms with Crippen LogP contribution in [0.1, 0.15) is 0 Å². The van der Waals surface area contributed by atoms with Gasteiger partial charge in [0.1, 0.15) is 5.82 Å². The fourth-order valence-electron chi connectivity index (χ4n) is 2.24. The van der Waals surface area contributed by atoms with Crippen LogP contribution in [0.15, 0.2) is 18.5 Å². The summed E-state index contributed by atoms with van der Waals surface area (Å²) in [4.78, 5) is 6.06. The Morgan fingerprint density at radius 3 is 2.93 bits per heavy atom. The first-order valence-electron chi connectivity index (χ1n) is 4.92. The average molecular weight is 193 g/mol. The number of hydrogen-bond donors (Lipinski definition) is 1.